The number of carbonyl (C=O) groups excluding carboxylic acids is 1. The van der Waals surface area contributed by atoms with E-state index in [0.29, 0.717) is 11.2 Å². The van der Waals surface area contributed by atoms with E-state index in [1.807, 2.05) is 41.5 Å². The molecule has 1 amide bonds. The molecule has 0 aliphatic rings. The number of carbonyl (C=O) groups is 1. The molecule has 1 atom stereocenters. The fraction of sp³-hybridized carbons (Fsp3) is 0.714. The van der Waals surface area contributed by atoms with Crippen LogP contribution in [0.1, 0.15) is 59.2 Å². The third-order valence-electron chi connectivity index (χ3n) is 2.48. The van der Waals surface area contributed by atoms with Gasteiger partial charge in [-0.25, -0.2) is 9.78 Å². The van der Waals surface area contributed by atoms with Crippen molar-refractivity contribution in [3.8, 4) is 0 Å². The van der Waals surface area contributed by atoms with Crippen LogP contribution in [0.25, 0.3) is 0 Å². The Morgan fingerprint density at radius 3 is 2.40 bits per heavy atom. The van der Waals surface area contributed by atoms with Crippen molar-refractivity contribution in [2.24, 2.45) is 5.41 Å². The summed E-state index contributed by atoms with van der Waals surface area (Å²) in [5.74, 6) is 1.21. The van der Waals surface area contributed by atoms with Gasteiger partial charge in [0.15, 0.2) is 0 Å². The van der Waals surface area contributed by atoms with Crippen molar-refractivity contribution in [3.63, 3.8) is 0 Å². The molecule has 0 fully saturated rings. The Hall–Kier alpha value is -1.04. The molecule has 0 aliphatic carbocycles. The maximum Gasteiger partial charge on any atom is 0.408 e. The van der Waals surface area contributed by atoms with Crippen LogP contribution in [0.3, 0.4) is 0 Å². The Labute approximate surface area is 128 Å². The molecular weight excluding hydrogens is 324 g/mol. The lowest BCUT2D eigenvalue weighted by Crippen LogP contribution is -2.40. The number of oxazole rings is 1. The number of amides is 1. The van der Waals surface area contributed by atoms with Gasteiger partial charge in [-0.05, 0) is 26.2 Å². The number of hydrogen-bond acceptors (Lipinski definition) is 4. The van der Waals surface area contributed by atoms with E-state index in [1.54, 1.807) is 6.20 Å². The van der Waals surface area contributed by atoms with Crippen LogP contribution in [0.5, 0.6) is 0 Å². The van der Waals surface area contributed by atoms with Gasteiger partial charge in [-0.3, -0.25) is 0 Å². The molecule has 6 heteroatoms. The Balaban J connectivity index is 2.89. The normalized spacial score (nSPS) is 13.9. The zero-order valence-corrected chi connectivity index (χ0v) is 14.5. The van der Waals surface area contributed by atoms with Crippen LogP contribution in [0, 0.1) is 5.41 Å². The number of ether oxygens (including phenoxy) is 1. The molecule has 0 bridgehead atoms. The van der Waals surface area contributed by atoms with Crippen molar-refractivity contribution in [1.29, 1.82) is 0 Å². The molecule has 0 unspecified atom stereocenters. The van der Waals surface area contributed by atoms with E-state index in [-0.39, 0.29) is 11.5 Å². The molecule has 1 aromatic rings. The van der Waals surface area contributed by atoms with Gasteiger partial charge in [-0.1, -0.05) is 36.7 Å². The fourth-order valence-electron chi connectivity index (χ4n) is 1.59. The summed E-state index contributed by atoms with van der Waals surface area (Å²) in [7, 11) is 0. The van der Waals surface area contributed by atoms with E-state index in [1.165, 1.54) is 0 Å². The lowest BCUT2D eigenvalue weighted by molar-refractivity contribution is 0.0446. The average Bonchev–Trinajstić information content (AvgIpc) is 2.69. The summed E-state index contributed by atoms with van der Waals surface area (Å²) < 4.78 is 10.9. The van der Waals surface area contributed by atoms with Gasteiger partial charge in [0.25, 0.3) is 0 Å². The summed E-state index contributed by atoms with van der Waals surface area (Å²) in [6.45, 7) is 11.5. The summed E-state index contributed by atoms with van der Waals surface area (Å²) in [6, 6.07) is -0.356. The molecule has 0 radical (unpaired) electrons. The van der Waals surface area contributed by atoms with Crippen LogP contribution < -0.4 is 5.32 Å². The highest BCUT2D eigenvalue weighted by Crippen LogP contribution is 2.33. The molecule has 0 aliphatic heterocycles. The summed E-state index contributed by atoms with van der Waals surface area (Å²) in [4.78, 5) is 16.2. The van der Waals surface area contributed by atoms with Gasteiger partial charge < -0.3 is 14.5 Å². The molecule has 0 aromatic carbocycles. The van der Waals surface area contributed by atoms with E-state index in [2.05, 4.69) is 26.2 Å². The SMILES string of the molecule is CC(C)(C)OC(=O)N[C@H](c1ncc(CBr)o1)C(C)(C)C. The minimum atomic E-state index is -0.538. The highest BCUT2D eigenvalue weighted by atomic mass is 79.9. The minimum Gasteiger partial charge on any atom is -0.444 e. The predicted octanol–water partition coefficient (Wildman–Crippen LogP) is 4.18. The maximum absolute atomic E-state index is 12.0. The quantitative estimate of drug-likeness (QED) is 0.833. The third kappa shape index (κ3) is 5.15. The van der Waals surface area contributed by atoms with Crippen molar-refractivity contribution < 1.29 is 13.9 Å². The number of alkyl carbamates (subject to hydrolysis) is 1. The molecule has 5 nitrogen and oxygen atoms in total. The molecule has 114 valence electrons. The monoisotopic (exact) mass is 346 g/mol. The fourth-order valence-corrected chi connectivity index (χ4v) is 1.85. The van der Waals surface area contributed by atoms with Gasteiger partial charge in [-0.15, -0.1) is 0 Å². The van der Waals surface area contributed by atoms with Crippen LogP contribution in [0.4, 0.5) is 4.79 Å². The number of aromatic nitrogens is 1. The van der Waals surface area contributed by atoms with Crippen molar-refractivity contribution in [3.05, 3.63) is 17.8 Å². The largest absolute Gasteiger partial charge is 0.444 e. The van der Waals surface area contributed by atoms with E-state index < -0.39 is 11.7 Å². The second-order valence-corrected chi connectivity index (χ2v) is 7.30. The van der Waals surface area contributed by atoms with Crippen molar-refractivity contribution in [1.82, 2.24) is 10.3 Å². The van der Waals surface area contributed by atoms with Crippen molar-refractivity contribution in [2.75, 3.05) is 0 Å². The Kier molecular flexibility index (Phi) is 5.24. The van der Waals surface area contributed by atoms with Crippen LogP contribution >= 0.6 is 15.9 Å². The van der Waals surface area contributed by atoms with Crippen LogP contribution in [0.2, 0.25) is 0 Å². The van der Waals surface area contributed by atoms with Gasteiger partial charge >= 0.3 is 6.09 Å². The van der Waals surface area contributed by atoms with E-state index in [4.69, 9.17) is 9.15 Å². The summed E-state index contributed by atoms with van der Waals surface area (Å²) >= 11 is 3.32. The second-order valence-electron chi connectivity index (χ2n) is 6.74. The summed E-state index contributed by atoms with van der Waals surface area (Å²) in [6.07, 6.45) is 1.18. The van der Waals surface area contributed by atoms with Gasteiger partial charge in [0.2, 0.25) is 5.89 Å². The summed E-state index contributed by atoms with van der Waals surface area (Å²) in [5, 5.41) is 3.42. The first-order valence-corrected chi connectivity index (χ1v) is 7.65. The van der Waals surface area contributed by atoms with Crippen molar-refractivity contribution >= 4 is 22.0 Å². The average molecular weight is 347 g/mol. The zero-order valence-electron chi connectivity index (χ0n) is 12.9. The van der Waals surface area contributed by atoms with Gasteiger partial charge in [0.05, 0.1) is 11.5 Å². The molecule has 0 saturated carbocycles. The molecule has 0 spiro atoms. The zero-order chi connectivity index (χ0) is 15.6. The standard InChI is InChI=1S/C14H23BrN2O3/c1-13(2,3)10(11-16-8-9(7-15)19-11)17-12(18)20-14(4,5)6/h8,10H,7H2,1-6H3,(H,17,18)/t10-/m1/s1. The lowest BCUT2D eigenvalue weighted by Gasteiger charge is -2.30. The maximum atomic E-state index is 12.0. The highest BCUT2D eigenvalue weighted by Gasteiger charge is 2.33. The Morgan fingerprint density at radius 2 is 2.00 bits per heavy atom. The third-order valence-corrected chi connectivity index (χ3v) is 3.03. The number of nitrogens with one attached hydrogen (secondary N) is 1. The number of alkyl halides is 1. The second kappa shape index (κ2) is 6.16. The van der Waals surface area contributed by atoms with E-state index in [9.17, 15) is 4.79 Å². The summed E-state index contributed by atoms with van der Waals surface area (Å²) in [5.41, 5.74) is -0.782. The molecule has 1 heterocycles. The van der Waals surface area contributed by atoms with Crippen LogP contribution in [-0.4, -0.2) is 16.7 Å². The number of nitrogens with zero attached hydrogens (tertiary/aromatic N) is 1. The molecule has 0 saturated heterocycles. The molecule has 20 heavy (non-hydrogen) atoms. The Morgan fingerprint density at radius 1 is 1.40 bits per heavy atom. The molecule has 1 rings (SSSR count). The first-order chi connectivity index (χ1) is 9.03. The minimum absolute atomic E-state index is 0.245. The first kappa shape index (κ1) is 17.0. The molecule has 1 aromatic heterocycles. The smallest absolute Gasteiger partial charge is 0.408 e. The van der Waals surface area contributed by atoms with Gasteiger partial charge in [0.1, 0.15) is 17.4 Å². The Bertz CT molecular complexity index is 458. The number of hydrogen-bond donors (Lipinski definition) is 1. The lowest BCUT2D eigenvalue weighted by atomic mass is 9.87. The van der Waals surface area contributed by atoms with Gasteiger partial charge in [0, 0.05) is 0 Å². The predicted molar refractivity (Wildman–Crippen MR) is 80.7 cm³/mol. The van der Waals surface area contributed by atoms with E-state index in [0.717, 1.165) is 5.76 Å². The van der Waals surface area contributed by atoms with Crippen LogP contribution in [-0.2, 0) is 10.1 Å². The van der Waals surface area contributed by atoms with Gasteiger partial charge in [-0.2, -0.15) is 0 Å². The first-order valence-electron chi connectivity index (χ1n) is 6.53. The highest BCUT2D eigenvalue weighted by molar-refractivity contribution is 9.08. The molecule has 1 N–H and O–H groups in total. The molecular formula is C14H23BrN2O3. The van der Waals surface area contributed by atoms with Crippen molar-refractivity contribution in [2.45, 2.75) is 58.5 Å². The number of rotatable bonds is 3. The topological polar surface area (TPSA) is 64.4 Å². The number of halogens is 1. The van der Waals surface area contributed by atoms with E-state index >= 15 is 0 Å². The van der Waals surface area contributed by atoms with Crippen LogP contribution in [0.15, 0.2) is 10.6 Å².